The monoisotopic (exact) mass is 447 g/mol. The second kappa shape index (κ2) is 8.01. The highest BCUT2D eigenvalue weighted by Crippen LogP contribution is 2.42. The van der Waals surface area contributed by atoms with Gasteiger partial charge in [0.15, 0.2) is 9.84 Å². The van der Waals surface area contributed by atoms with Gasteiger partial charge in [0.05, 0.1) is 29.7 Å². The lowest BCUT2D eigenvalue weighted by Crippen LogP contribution is -2.41. The maximum Gasteiger partial charge on any atom is 0.414 e. The van der Waals surface area contributed by atoms with E-state index in [1.807, 2.05) is 0 Å². The molecule has 31 heavy (non-hydrogen) atoms. The third kappa shape index (κ3) is 3.92. The summed E-state index contributed by atoms with van der Waals surface area (Å²) in [5, 5.41) is 3.33. The first-order chi connectivity index (χ1) is 14.7. The molecular weight excluding hydrogens is 422 g/mol. The summed E-state index contributed by atoms with van der Waals surface area (Å²) >= 11 is 0. The number of pyridine rings is 1. The zero-order valence-corrected chi connectivity index (χ0v) is 18.5. The van der Waals surface area contributed by atoms with E-state index in [-0.39, 0.29) is 30.6 Å². The van der Waals surface area contributed by atoms with Gasteiger partial charge in [-0.15, -0.1) is 0 Å². The van der Waals surface area contributed by atoms with Crippen molar-refractivity contribution in [2.45, 2.75) is 12.5 Å². The summed E-state index contributed by atoms with van der Waals surface area (Å²) in [6.45, 7) is 0.980. The molecule has 3 aliphatic rings. The van der Waals surface area contributed by atoms with Crippen LogP contribution in [0.4, 0.5) is 4.79 Å². The van der Waals surface area contributed by atoms with Crippen LogP contribution in [0.3, 0.4) is 0 Å². The van der Waals surface area contributed by atoms with Crippen LogP contribution in [0.5, 0.6) is 0 Å². The highest BCUT2D eigenvalue weighted by Gasteiger charge is 2.41. The second-order valence-corrected chi connectivity index (χ2v) is 10.0. The standard InChI is InChI=1S/C21H25N3O6S/c1-23-7-5-15-14(12-31(3,27)28)10-13-11-24(21(26)30-9-8-29-2)16-4-6-22-19(17(13)16)18(15)20(23)25/h5,7,10-11,16,22H,4,6,8-9,12H2,1-3H3. The maximum absolute atomic E-state index is 13.1. The summed E-state index contributed by atoms with van der Waals surface area (Å²) in [6, 6.07) is 1.47. The molecule has 1 N–H and O–H groups in total. The number of amides is 1. The maximum atomic E-state index is 13.1. The second-order valence-electron chi connectivity index (χ2n) is 7.88. The Morgan fingerprint density at radius 3 is 2.81 bits per heavy atom. The van der Waals surface area contributed by atoms with Crippen LogP contribution in [0, 0.1) is 0 Å². The Balaban J connectivity index is 1.88. The minimum Gasteiger partial charge on any atom is -0.447 e. The number of aromatic nitrogens is 1. The van der Waals surface area contributed by atoms with Gasteiger partial charge in [0, 0.05) is 44.9 Å². The topological polar surface area (TPSA) is 107 Å². The third-order valence-electron chi connectivity index (χ3n) is 5.58. The van der Waals surface area contributed by atoms with Gasteiger partial charge in [-0.1, -0.05) is 0 Å². The van der Waals surface area contributed by atoms with Crippen molar-refractivity contribution >= 4 is 27.2 Å². The van der Waals surface area contributed by atoms with Gasteiger partial charge in [-0.05, 0) is 35.3 Å². The number of hydrogen-bond acceptors (Lipinski definition) is 7. The molecule has 2 aliphatic heterocycles. The average Bonchev–Trinajstić information content (AvgIpc) is 3.01. The Labute approximate surface area is 180 Å². The molecule has 0 radical (unpaired) electrons. The highest BCUT2D eigenvalue weighted by atomic mass is 32.2. The normalized spacial score (nSPS) is 19.7. The van der Waals surface area contributed by atoms with Crippen molar-refractivity contribution in [3.05, 3.63) is 57.2 Å². The summed E-state index contributed by atoms with van der Waals surface area (Å²) in [6.07, 6.45) is 6.38. The number of allylic oxidation sites excluding steroid dienone is 1. The molecule has 3 heterocycles. The van der Waals surface area contributed by atoms with Crippen LogP contribution < -0.4 is 10.9 Å². The summed E-state index contributed by atoms with van der Waals surface area (Å²) in [5.74, 6) is -0.214. The number of nitrogens with one attached hydrogen (secondary N) is 1. The van der Waals surface area contributed by atoms with Crippen molar-refractivity contribution in [3.63, 3.8) is 0 Å². The van der Waals surface area contributed by atoms with E-state index in [1.165, 1.54) is 16.6 Å². The molecule has 0 bridgehead atoms. The molecule has 1 amide bonds. The average molecular weight is 448 g/mol. The number of hydrogen-bond donors (Lipinski definition) is 1. The minimum atomic E-state index is -3.36. The fraction of sp³-hybridized carbons (Fsp3) is 0.429. The van der Waals surface area contributed by atoms with Crippen molar-refractivity contribution in [1.82, 2.24) is 14.8 Å². The highest BCUT2D eigenvalue weighted by molar-refractivity contribution is 7.91. The molecule has 1 unspecified atom stereocenters. The van der Waals surface area contributed by atoms with Crippen LogP contribution in [-0.2, 0) is 26.4 Å². The van der Waals surface area contributed by atoms with E-state index >= 15 is 0 Å². The number of carbonyl (C=O) groups excluding carboxylic acids is 1. The zero-order chi connectivity index (χ0) is 22.3. The quantitative estimate of drug-likeness (QED) is 0.668. The first-order valence-electron chi connectivity index (χ1n) is 9.94. The molecule has 1 aliphatic carbocycles. The largest absolute Gasteiger partial charge is 0.447 e. The lowest BCUT2D eigenvalue weighted by atomic mass is 9.92. The molecule has 9 nitrogen and oxygen atoms in total. The third-order valence-corrected chi connectivity index (χ3v) is 6.42. The molecule has 10 heteroatoms. The van der Waals surface area contributed by atoms with Gasteiger partial charge in [-0.3, -0.25) is 9.69 Å². The van der Waals surface area contributed by atoms with Crippen molar-refractivity contribution in [2.75, 3.05) is 38.9 Å². The van der Waals surface area contributed by atoms with Gasteiger partial charge >= 0.3 is 6.09 Å². The van der Waals surface area contributed by atoms with Crippen LogP contribution in [0.1, 0.15) is 17.5 Å². The predicted molar refractivity (Wildman–Crippen MR) is 116 cm³/mol. The van der Waals surface area contributed by atoms with E-state index in [0.29, 0.717) is 40.9 Å². The minimum absolute atomic E-state index is 0.129. The van der Waals surface area contributed by atoms with Gasteiger partial charge in [0.1, 0.15) is 6.61 Å². The van der Waals surface area contributed by atoms with Crippen molar-refractivity contribution in [1.29, 1.82) is 0 Å². The number of methoxy groups -OCH3 is 1. The first-order valence-corrected chi connectivity index (χ1v) is 12.0. The number of sulfone groups is 1. The first kappa shape index (κ1) is 21.4. The van der Waals surface area contributed by atoms with Crippen molar-refractivity contribution < 1.29 is 22.7 Å². The lowest BCUT2D eigenvalue weighted by Gasteiger charge is -2.30. The van der Waals surface area contributed by atoms with Gasteiger partial charge in [-0.2, -0.15) is 0 Å². The smallest absolute Gasteiger partial charge is 0.414 e. The number of aryl methyl sites for hydroxylation is 1. The van der Waals surface area contributed by atoms with Crippen LogP contribution in [0.2, 0.25) is 0 Å². The van der Waals surface area contributed by atoms with E-state index in [2.05, 4.69) is 5.32 Å². The Morgan fingerprint density at radius 2 is 2.10 bits per heavy atom. The van der Waals surface area contributed by atoms with Gasteiger partial charge in [0.2, 0.25) is 0 Å². The predicted octanol–water partition coefficient (Wildman–Crippen LogP) is 0.882. The van der Waals surface area contributed by atoms with E-state index < -0.39 is 15.9 Å². The molecule has 0 aromatic carbocycles. The number of fused-ring (bicyclic) bond motifs is 2. The number of rotatable bonds is 5. The van der Waals surface area contributed by atoms with E-state index in [4.69, 9.17) is 9.47 Å². The molecule has 0 saturated heterocycles. The fourth-order valence-electron chi connectivity index (χ4n) is 4.27. The molecule has 4 rings (SSSR count). The van der Waals surface area contributed by atoms with Crippen LogP contribution in [0.15, 0.2) is 40.5 Å². The zero-order valence-electron chi connectivity index (χ0n) is 17.7. The molecule has 0 spiro atoms. The van der Waals surface area contributed by atoms with Gasteiger partial charge in [0.25, 0.3) is 5.56 Å². The summed E-state index contributed by atoms with van der Waals surface area (Å²) in [4.78, 5) is 27.4. The lowest BCUT2D eigenvalue weighted by molar-refractivity contribution is 0.0769. The number of ether oxygens (including phenoxy) is 2. The Morgan fingerprint density at radius 1 is 1.32 bits per heavy atom. The Kier molecular flexibility index (Phi) is 5.52. The Bertz CT molecular complexity index is 1190. The summed E-state index contributed by atoms with van der Waals surface area (Å²) < 4.78 is 36.0. The Hall–Kier alpha value is -2.85. The molecule has 1 aromatic heterocycles. The van der Waals surface area contributed by atoms with Crippen molar-refractivity contribution in [3.8, 4) is 0 Å². The van der Waals surface area contributed by atoms with E-state index in [1.54, 1.807) is 31.6 Å². The molecule has 1 atom stereocenters. The summed E-state index contributed by atoms with van der Waals surface area (Å²) in [5.41, 5.74) is 3.47. The van der Waals surface area contributed by atoms with Crippen LogP contribution in [-0.4, -0.2) is 68.9 Å². The molecule has 1 aromatic rings. The molecule has 0 saturated carbocycles. The van der Waals surface area contributed by atoms with E-state index in [9.17, 15) is 18.0 Å². The number of carbonyl (C=O) groups is 1. The fourth-order valence-corrected chi connectivity index (χ4v) is 5.08. The van der Waals surface area contributed by atoms with Crippen LogP contribution >= 0.6 is 0 Å². The molecule has 0 fully saturated rings. The number of nitrogens with zero attached hydrogens (tertiary/aromatic N) is 2. The molecule has 166 valence electrons. The summed E-state index contributed by atoms with van der Waals surface area (Å²) in [7, 11) is -0.180. The van der Waals surface area contributed by atoms with Crippen LogP contribution in [0.25, 0.3) is 11.3 Å². The van der Waals surface area contributed by atoms with Crippen molar-refractivity contribution in [2.24, 2.45) is 7.05 Å². The SMILES string of the molecule is COCCOC(=O)N1C=C2C=C(CS(C)(=O)=O)c3ccn(C)c(=O)c3C3=C2C1CCN3. The molecular formula is C21H25N3O6S. The van der Waals surface area contributed by atoms with Gasteiger partial charge < -0.3 is 19.4 Å². The van der Waals surface area contributed by atoms with Gasteiger partial charge in [-0.25, -0.2) is 13.2 Å². The van der Waals surface area contributed by atoms with E-state index in [0.717, 1.165) is 11.8 Å².